The van der Waals surface area contributed by atoms with Crippen LogP contribution in [-0.4, -0.2) is 39.0 Å². The van der Waals surface area contributed by atoms with Gasteiger partial charge in [-0.3, -0.25) is 4.90 Å². The molecule has 2 aromatic rings. The van der Waals surface area contributed by atoms with E-state index in [1.807, 2.05) is 22.9 Å². The highest BCUT2D eigenvalue weighted by molar-refractivity contribution is 7.73. The molecule has 0 bridgehead atoms. The first-order chi connectivity index (χ1) is 10.6. The maximum Gasteiger partial charge on any atom is 0.209 e. The van der Waals surface area contributed by atoms with E-state index in [0.717, 1.165) is 40.7 Å². The SMILES string of the molecule is Cc1ccccc1Nc1nn(CN2CCC(O)CC2)c(=S)s1. The Hall–Kier alpha value is -1.28. The van der Waals surface area contributed by atoms with Gasteiger partial charge in [-0.15, -0.1) is 5.10 Å². The Morgan fingerprint density at radius 2 is 2.09 bits per heavy atom. The summed E-state index contributed by atoms with van der Waals surface area (Å²) in [6.07, 6.45) is 1.50. The Labute approximate surface area is 139 Å². The Balaban J connectivity index is 1.69. The van der Waals surface area contributed by atoms with Crippen molar-refractivity contribution in [1.82, 2.24) is 14.7 Å². The second-order valence-electron chi connectivity index (χ2n) is 5.60. The van der Waals surface area contributed by atoms with Crippen molar-refractivity contribution >= 4 is 34.4 Å². The molecule has 0 spiro atoms. The number of nitrogens with one attached hydrogen (secondary N) is 1. The molecule has 5 nitrogen and oxygen atoms in total. The van der Waals surface area contributed by atoms with E-state index in [1.165, 1.54) is 16.9 Å². The quantitative estimate of drug-likeness (QED) is 0.840. The molecule has 0 atom stereocenters. The van der Waals surface area contributed by atoms with Gasteiger partial charge in [-0.1, -0.05) is 29.5 Å². The Bertz CT molecular complexity index is 689. The number of aryl methyl sites for hydroxylation is 1. The van der Waals surface area contributed by atoms with Crippen molar-refractivity contribution < 1.29 is 5.11 Å². The molecule has 1 aromatic carbocycles. The number of piperidine rings is 1. The maximum atomic E-state index is 9.56. The van der Waals surface area contributed by atoms with Crippen LogP contribution in [0.4, 0.5) is 10.8 Å². The highest BCUT2D eigenvalue weighted by Gasteiger charge is 2.18. The number of nitrogens with zero attached hydrogens (tertiary/aromatic N) is 3. The normalized spacial score (nSPS) is 16.8. The molecule has 1 saturated heterocycles. The lowest BCUT2D eigenvalue weighted by atomic mass is 10.1. The molecule has 0 saturated carbocycles. The summed E-state index contributed by atoms with van der Waals surface area (Å²) in [5, 5.41) is 18.3. The van der Waals surface area contributed by atoms with Gasteiger partial charge in [-0.05, 0) is 43.6 Å². The highest BCUT2D eigenvalue weighted by Crippen LogP contribution is 2.23. The van der Waals surface area contributed by atoms with Crippen molar-refractivity contribution in [1.29, 1.82) is 0 Å². The minimum atomic E-state index is -0.155. The molecular weight excluding hydrogens is 316 g/mol. The first-order valence-electron chi connectivity index (χ1n) is 7.43. The van der Waals surface area contributed by atoms with Gasteiger partial charge in [0.1, 0.15) is 0 Å². The lowest BCUT2D eigenvalue weighted by molar-refractivity contribution is 0.0653. The fourth-order valence-corrected chi connectivity index (χ4v) is 3.53. The van der Waals surface area contributed by atoms with Gasteiger partial charge in [0.05, 0.1) is 12.8 Å². The molecule has 0 radical (unpaired) electrons. The van der Waals surface area contributed by atoms with Crippen LogP contribution in [0.5, 0.6) is 0 Å². The minimum Gasteiger partial charge on any atom is -0.393 e. The van der Waals surface area contributed by atoms with Crippen molar-refractivity contribution in [2.45, 2.75) is 32.5 Å². The molecule has 118 valence electrons. The van der Waals surface area contributed by atoms with Gasteiger partial charge in [-0.2, -0.15) is 0 Å². The number of hydrogen-bond acceptors (Lipinski definition) is 6. The van der Waals surface area contributed by atoms with Crippen LogP contribution in [-0.2, 0) is 6.67 Å². The summed E-state index contributed by atoms with van der Waals surface area (Å²) in [7, 11) is 0. The smallest absolute Gasteiger partial charge is 0.209 e. The van der Waals surface area contributed by atoms with Crippen LogP contribution in [0.3, 0.4) is 0 Å². The summed E-state index contributed by atoms with van der Waals surface area (Å²) >= 11 is 6.90. The van der Waals surface area contributed by atoms with Gasteiger partial charge in [0.15, 0.2) is 3.95 Å². The molecule has 0 amide bonds. The number of rotatable bonds is 4. The van der Waals surface area contributed by atoms with Crippen LogP contribution >= 0.6 is 23.6 Å². The molecule has 3 rings (SSSR count). The zero-order chi connectivity index (χ0) is 15.5. The lowest BCUT2D eigenvalue weighted by Gasteiger charge is -2.28. The number of aromatic nitrogens is 2. The molecular formula is C15H20N4OS2. The van der Waals surface area contributed by atoms with Crippen LogP contribution < -0.4 is 5.32 Å². The third-order valence-electron chi connectivity index (χ3n) is 3.88. The van der Waals surface area contributed by atoms with Crippen LogP contribution in [0.25, 0.3) is 0 Å². The Morgan fingerprint density at radius 3 is 2.82 bits per heavy atom. The molecule has 0 unspecified atom stereocenters. The standard InChI is InChI=1S/C15H20N4OS2/c1-11-4-2-3-5-13(11)16-14-17-19(15(21)22-14)10-18-8-6-12(20)7-9-18/h2-5,12,20H,6-10H2,1H3,(H,16,17). The topological polar surface area (TPSA) is 53.3 Å². The summed E-state index contributed by atoms with van der Waals surface area (Å²) < 4.78 is 2.63. The number of benzene rings is 1. The number of aliphatic hydroxyl groups excluding tert-OH is 1. The van der Waals surface area contributed by atoms with E-state index in [-0.39, 0.29) is 6.10 Å². The molecule has 1 aliphatic heterocycles. The largest absolute Gasteiger partial charge is 0.393 e. The van der Waals surface area contributed by atoms with E-state index >= 15 is 0 Å². The van der Waals surface area contributed by atoms with Gasteiger partial charge in [-0.25, -0.2) is 4.68 Å². The van der Waals surface area contributed by atoms with Crippen molar-refractivity contribution in [3.8, 4) is 0 Å². The van der Waals surface area contributed by atoms with Crippen molar-refractivity contribution in [2.75, 3.05) is 18.4 Å². The van der Waals surface area contributed by atoms with Gasteiger partial charge in [0.25, 0.3) is 0 Å². The summed E-state index contributed by atoms with van der Waals surface area (Å²) in [5.41, 5.74) is 2.24. The number of anilines is 2. The van der Waals surface area contributed by atoms with Crippen molar-refractivity contribution in [3.63, 3.8) is 0 Å². The minimum absolute atomic E-state index is 0.155. The van der Waals surface area contributed by atoms with E-state index in [1.54, 1.807) is 0 Å². The summed E-state index contributed by atoms with van der Waals surface area (Å²) in [6, 6.07) is 8.13. The van der Waals surface area contributed by atoms with Crippen molar-refractivity contribution in [2.24, 2.45) is 0 Å². The molecule has 2 N–H and O–H groups in total. The maximum absolute atomic E-state index is 9.56. The zero-order valence-corrected chi connectivity index (χ0v) is 14.2. The zero-order valence-electron chi connectivity index (χ0n) is 12.5. The molecule has 0 aliphatic carbocycles. The molecule has 1 aliphatic rings. The van der Waals surface area contributed by atoms with E-state index in [4.69, 9.17) is 12.2 Å². The van der Waals surface area contributed by atoms with Crippen LogP contribution in [0.1, 0.15) is 18.4 Å². The van der Waals surface area contributed by atoms with E-state index in [9.17, 15) is 5.11 Å². The Morgan fingerprint density at radius 1 is 1.36 bits per heavy atom. The molecule has 2 heterocycles. The fourth-order valence-electron chi connectivity index (χ4n) is 2.52. The second kappa shape index (κ2) is 6.87. The third kappa shape index (κ3) is 3.73. The molecule has 7 heteroatoms. The average Bonchev–Trinajstić information content (AvgIpc) is 2.84. The van der Waals surface area contributed by atoms with Crippen LogP contribution in [0, 0.1) is 10.9 Å². The summed E-state index contributed by atoms with van der Waals surface area (Å²) in [6.45, 7) is 4.54. The van der Waals surface area contributed by atoms with Crippen molar-refractivity contribution in [3.05, 3.63) is 33.8 Å². The number of aliphatic hydroxyl groups is 1. The fraction of sp³-hybridized carbons (Fsp3) is 0.467. The van der Waals surface area contributed by atoms with Gasteiger partial charge < -0.3 is 10.4 Å². The summed E-state index contributed by atoms with van der Waals surface area (Å²) in [4.78, 5) is 2.28. The first-order valence-corrected chi connectivity index (χ1v) is 8.65. The van der Waals surface area contributed by atoms with Crippen LogP contribution in [0.15, 0.2) is 24.3 Å². The number of para-hydroxylation sites is 1. The monoisotopic (exact) mass is 336 g/mol. The average molecular weight is 336 g/mol. The van der Waals surface area contributed by atoms with Gasteiger partial charge in [0.2, 0.25) is 5.13 Å². The predicted octanol–water partition coefficient (Wildman–Crippen LogP) is 3.14. The number of hydrogen-bond donors (Lipinski definition) is 2. The van der Waals surface area contributed by atoms with Crippen LogP contribution in [0.2, 0.25) is 0 Å². The third-order valence-corrected chi connectivity index (χ3v) is 5.11. The molecule has 22 heavy (non-hydrogen) atoms. The Kier molecular flexibility index (Phi) is 4.87. The van der Waals surface area contributed by atoms with E-state index in [0.29, 0.717) is 6.67 Å². The predicted molar refractivity (Wildman–Crippen MR) is 92.2 cm³/mol. The van der Waals surface area contributed by atoms with E-state index in [2.05, 4.69) is 28.3 Å². The number of likely N-dealkylation sites (tertiary alicyclic amines) is 1. The second-order valence-corrected chi connectivity index (χ2v) is 7.23. The molecule has 1 fully saturated rings. The first kappa shape index (κ1) is 15.6. The van der Waals surface area contributed by atoms with Gasteiger partial charge >= 0.3 is 0 Å². The van der Waals surface area contributed by atoms with E-state index < -0.39 is 0 Å². The summed E-state index contributed by atoms with van der Waals surface area (Å²) in [5.74, 6) is 0. The molecule has 1 aromatic heterocycles. The van der Waals surface area contributed by atoms with Gasteiger partial charge in [0, 0.05) is 18.8 Å². The lowest BCUT2D eigenvalue weighted by Crippen LogP contribution is -2.37. The highest BCUT2D eigenvalue weighted by atomic mass is 32.1.